The second-order valence-electron chi connectivity index (χ2n) is 11.6. The highest BCUT2D eigenvalue weighted by atomic mass is 16.5. The van der Waals surface area contributed by atoms with E-state index < -0.39 is 6.04 Å². The van der Waals surface area contributed by atoms with Gasteiger partial charge in [0.2, 0.25) is 0 Å². The molecule has 0 saturated carbocycles. The molecule has 0 radical (unpaired) electrons. The lowest BCUT2D eigenvalue weighted by Crippen LogP contribution is -2.39. The number of carbonyl (C=O) groups is 1. The van der Waals surface area contributed by atoms with Crippen LogP contribution < -0.4 is 24.7 Å². The van der Waals surface area contributed by atoms with Gasteiger partial charge in [0, 0.05) is 6.54 Å². The number of methoxy groups -OCH3 is 2. The van der Waals surface area contributed by atoms with Crippen LogP contribution in [-0.4, -0.2) is 36.6 Å². The van der Waals surface area contributed by atoms with Crippen LogP contribution in [0.5, 0.6) is 23.0 Å². The van der Waals surface area contributed by atoms with Crippen LogP contribution >= 0.6 is 0 Å². The Balaban J connectivity index is 1.36. The van der Waals surface area contributed by atoms with Gasteiger partial charge in [-0.2, -0.15) is 0 Å². The first-order chi connectivity index (χ1) is 23.4. The molecule has 8 heteroatoms. The van der Waals surface area contributed by atoms with Gasteiger partial charge in [0.1, 0.15) is 24.7 Å². The molecule has 2 N–H and O–H groups in total. The summed E-state index contributed by atoms with van der Waals surface area (Å²) in [4.78, 5) is 20.1. The summed E-state index contributed by atoms with van der Waals surface area (Å²) in [5.41, 5.74) is 12.4. The molecule has 1 atom stereocenters. The van der Waals surface area contributed by atoms with Gasteiger partial charge >= 0.3 is 0 Å². The molecular weight excluding hydrogens is 602 g/mol. The molecule has 0 saturated heterocycles. The minimum atomic E-state index is -0.420. The van der Waals surface area contributed by atoms with E-state index in [1.807, 2.05) is 109 Å². The summed E-state index contributed by atoms with van der Waals surface area (Å²) in [5, 5.41) is 0. The molecule has 0 aliphatic carbocycles. The Kier molecular flexibility index (Phi) is 9.91. The van der Waals surface area contributed by atoms with Crippen molar-refractivity contribution in [3.05, 3.63) is 148 Å². The van der Waals surface area contributed by atoms with Gasteiger partial charge in [-0.1, -0.05) is 78.9 Å². The molecule has 8 nitrogen and oxygen atoms in total. The Morgan fingerprint density at radius 1 is 0.812 bits per heavy atom. The normalized spacial score (nSPS) is 14.0. The van der Waals surface area contributed by atoms with Crippen LogP contribution in [0.2, 0.25) is 0 Å². The summed E-state index contributed by atoms with van der Waals surface area (Å²) >= 11 is 0. The second kappa shape index (κ2) is 14.8. The first-order valence-electron chi connectivity index (χ1n) is 15.9. The maximum Gasteiger partial charge on any atom is 0.273 e. The van der Waals surface area contributed by atoms with E-state index in [2.05, 4.69) is 4.98 Å². The lowest BCUT2D eigenvalue weighted by molar-refractivity contribution is 0.0694. The van der Waals surface area contributed by atoms with Crippen molar-refractivity contribution in [3.63, 3.8) is 0 Å². The topological polar surface area (TPSA) is 96.1 Å². The number of pyridine rings is 1. The number of benzene rings is 4. The van der Waals surface area contributed by atoms with E-state index in [0.29, 0.717) is 60.7 Å². The zero-order valence-electron chi connectivity index (χ0n) is 27.4. The van der Waals surface area contributed by atoms with E-state index >= 15 is 0 Å². The second-order valence-corrected chi connectivity index (χ2v) is 11.6. The number of hydrogen-bond donors (Lipinski definition) is 1. The molecule has 1 aliphatic heterocycles. The molecule has 1 aliphatic rings. The predicted molar refractivity (Wildman–Crippen MR) is 187 cm³/mol. The van der Waals surface area contributed by atoms with E-state index in [1.54, 1.807) is 32.4 Å². The van der Waals surface area contributed by atoms with E-state index in [0.717, 1.165) is 33.4 Å². The van der Waals surface area contributed by atoms with Crippen LogP contribution in [0.15, 0.2) is 109 Å². The number of fused-ring (bicyclic) bond motifs is 1. The monoisotopic (exact) mass is 641 g/mol. The fourth-order valence-electron chi connectivity index (χ4n) is 5.88. The first kappa shape index (κ1) is 32.2. The van der Waals surface area contributed by atoms with Crippen LogP contribution in [0.25, 0.3) is 6.08 Å². The first-order valence-corrected chi connectivity index (χ1v) is 15.9. The maximum absolute atomic E-state index is 14.0. The lowest BCUT2D eigenvalue weighted by atomic mass is 9.90. The molecule has 0 spiro atoms. The molecule has 0 bridgehead atoms. The number of aromatic nitrogens is 1. The molecular formula is C40H39N3O5. The Labute approximate surface area is 281 Å². The van der Waals surface area contributed by atoms with Gasteiger partial charge in [-0.05, 0) is 83.1 Å². The maximum atomic E-state index is 14.0. The van der Waals surface area contributed by atoms with Crippen molar-refractivity contribution < 1.29 is 23.7 Å². The van der Waals surface area contributed by atoms with E-state index in [9.17, 15) is 4.79 Å². The molecule has 6 rings (SSSR count). The van der Waals surface area contributed by atoms with Gasteiger partial charge in [0.25, 0.3) is 5.91 Å². The number of aryl methyl sites for hydroxylation is 1. The molecule has 48 heavy (non-hydrogen) atoms. The highest BCUT2D eigenvalue weighted by Gasteiger charge is 2.32. The van der Waals surface area contributed by atoms with E-state index in [4.69, 9.17) is 24.7 Å². The van der Waals surface area contributed by atoms with Crippen molar-refractivity contribution in [1.29, 1.82) is 0 Å². The standard InChI is InChI=1S/C40H39N3O5/c1-27-21-35(45-2)37(47-25-28-11-6-4-7-12-28)22-30(27)17-18-34-32-24-36(46-3)38(48-26-29-13-8-5-9-14-29)23-31(32)19-20-43(34)40(44)33-15-10-16-39(41)42-33/h4-18,21-24,34H,19-20,25-26H2,1-3H3,(H2,41,42). The van der Waals surface area contributed by atoms with E-state index in [1.165, 1.54) is 0 Å². The third-order valence-corrected chi connectivity index (χ3v) is 8.44. The zero-order valence-corrected chi connectivity index (χ0v) is 27.4. The van der Waals surface area contributed by atoms with Crippen molar-refractivity contribution in [2.45, 2.75) is 32.6 Å². The van der Waals surface area contributed by atoms with Gasteiger partial charge < -0.3 is 29.6 Å². The average molecular weight is 642 g/mol. The molecule has 2 heterocycles. The number of ether oxygens (including phenoxy) is 4. The van der Waals surface area contributed by atoms with Gasteiger partial charge in [-0.3, -0.25) is 4.79 Å². The fourth-order valence-corrected chi connectivity index (χ4v) is 5.88. The molecule has 1 aromatic heterocycles. The van der Waals surface area contributed by atoms with Crippen LogP contribution in [0, 0.1) is 6.92 Å². The number of carbonyl (C=O) groups excluding carboxylic acids is 1. The number of nitrogens with zero attached hydrogens (tertiary/aromatic N) is 2. The summed E-state index contributed by atoms with van der Waals surface area (Å²) in [6.07, 6.45) is 4.71. The highest BCUT2D eigenvalue weighted by Crippen LogP contribution is 2.40. The van der Waals surface area contributed by atoms with Crippen molar-refractivity contribution in [1.82, 2.24) is 9.88 Å². The SMILES string of the molecule is COc1cc(C)c(C=CC2c3cc(OC)c(OCc4ccccc4)cc3CCN2C(=O)c2cccc(N)n2)cc1OCc1ccccc1. The zero-order chi connectivity index (χ0) is 33.5. The summed E-state index contributed by atoms with van der Waals surface area (Å²) in [5.74, 6) is 2.63. The van der Waals surface area contributed by atoms with Crippen molar-refractivity contribution in [2.75, 3.05) is 26.5 Å². The number of nitrogens with two attached hydrogens (primary N) is 1. The number of amides is 1. The lowest BCUT2D eigenvalue weighted by Gasteiger charge is -2.36. The Morgan fingerprint density at radius 3 is 2.06 bits per heavy atom. The van der Waals surface area contributed by atoms with Gasteiger partial charge in [-0.15, -0.1) is 0 Å². The minimum absolute atomic E-state index is 0.204. The number of hydrogen-bond acceptors (Lipinski definition) is 7. The summed E-state index contributed by atoms with van der Waals surface area (Å²) in [6, 6.07) is 32.7. The molecule has 4 aromatic carbocycles. The van der Waals surface area contributed by atoms with Crippen LogP contribution in [0.4, 0.5) is 5.82 Å². The minimum Gasteiger partial charge on any atom is -0.493 e. The summed E-state index contributed by atoms with van der Waals surface area (Å²) in [7, 11) is 3.26. The Hall–Kier alpha value is -5.76. The average Bonchev–Trinajstić information content (AvgIpc) is 3.12. The third kappa shape index (κ3) is 7.28. The quantitative estimate of drug-likeness (QED) is 0.159. The highest BCUT2D eigenvalue weighted by molar-refractivity contribution is 5.93. The van der Waals surface area contributed by atoms with Crippen molar-refractivity contribution >= 4 is 17.8 Å². The van der Waals surface area contributed by atoms with Gasteiger partial charge in [0.05, 0.1) is 20.3 Å². The number of nitrogen functional groups attached to an aromatic ring is 1. The smallest absolute Gasteiger partial charge is 0.273 e. The molecule has 1 amide bonds. The largest absolute Gasteiger partial charge is 0.493 e. The van der Waals surface area contributed by atoms with Gasteiger partial charge in [-0.25, -0.2) is 4.98 Å². The van der Waals surface area contributed by atoms with E-state index in [-0.39, 0.29) is 5.91 Å². The fraction of sp³-hybridized carbons (Fsp3) is 0.200. The Bertz CT molecular complexity index is 1910. The van der Waals surface area contributed by atoms with Crippen LogP contribution in [0.1, 0.15) is 49.9 Å². The number of rotatable bonds is 11. The molecule has 0 fully saturated rings. The van der Waals surface area contributed by atoms with Crippen molar-refractivity contribution in [3.8, 4) is 23.0 Å². The number of anilines is 1. The van der Waals surface area contributed by atoms with Crippen molar-refractivity contribution in [2.24, 2.45) is 0 Å². The molecule has 244 valence electrons. The third-order valence-electron chi connectivity index (χ3n) is 8.44. The van der Waals surface area contributed by atoms with Crippen LogP contribution in [0.3, 0.4) is 0 Å². The predicted octanol–water partition coefficient (Wildman–Crippen LogP) is 7.60. The Morgan fingerprint density at radius 2 is 1.44 bits per heavy atom. The summed E-state index contributed by atoms with van der Waals surface area (Å²) in [6.45, 7) is 3.32. The summed E-state index contributed by atoms with van der Waals surface area (Å²) < 4.78 is 23.9. The van der Waals surface area contributed by atoms with Gasteiger partial charge in [0.15, 0.2) is 23.0 Å². The molecule has 5 aromatic rings. The molecule has 1 unspecified atom stereocenters. The van der Waals surface area contributed by atoms with Crippen LogP contribution in [-0.2, 0) is 19.6 Å².